The number of benzene rings is 1. The van der Waals surface area contributed by atoms with E-state index >= 15 is 0 Å². The van der Waals surface area contributed by atoms with Crippen molar-refractivity contribution < 1.29 is 9.18 Å². The third-order valence-electron chi connectivity index (χ3n) is 3.43. The van der Waals surface area contributed by atoms with Crippen molar-refractivity contribution in [2.24, 2.45) is 5.92 Å². The van der Waals surface area contributed by atoms with E-state index in [2.05, 4.69) is 5.32 Å². The summed E-state index contributed by atoms with van der Waals surface area (Å²) >= 11 is 0. The van der Waals surface area contributed by atoms with Crippen molar-refractivity contribution in [1.29, 1.82) is 0 Å². The molecule has 3 nitrogen and oxygen atoms in total. The molecule has 0 radical (unpaired) electrons. The Morgan fingerprint density at radius 1 is 1.35 bits per heavy atom. The molecule has 3 rings (SSSR count). The number of nitrogens with one attached hydrogen (secondary N) is 1. The molecule has 1 heterocycles. The molecule has 1 saturated carbocycles. The number of hydrogen-bond acceptors (Lipinski definition) is 2. The first-order chi connectivity index (χ1) is 8.25. The second-order valence-corrected chi connectivity index (χ2v) is 4.79. The van der Waals surface area contributed by atoms with Gasteiger partial charge < -0.3 is 4.90 Å². The van der Waals surface area contributed by atoms with E-state index in [1.165, 1.54) is 18.9 Å². The predicted octanol–water partition coefficient (Wildman–Crippen LogP) is 1.67. The third kappa shape index (κ3) is 2.05. The number of nitrogens with zero attached hydrogens (tertiary/aromatic N) is 1. The Balaban J connectivity index is 1.85. The van der Waals surface area contributed by atoms with Gasteiger partial charge in [0.15, 0.2) is 0 Å². The van der Waals surface area contributed by atoms with Crippen LogP contribution >= 0.6 is 0 Å². The van der Waals surface area contributed by atoms with Crippen LogP contribution in [0.1, 0.15) is 24.6 Å². The van der Waals surface area contributed by atoms with Crippen LogP contribution < -0.4 is 5.32 Å². The summed E-state index contributed by atoms with van der Waals surface area (Å²) in [7, 11) is 0. The summed E-state index contributed by atoms with van der Waals surface area (Å²) < 4.78 is 13.7. The summed E-state index contributed by atoms with van der Waals surface area (Å²) in [5, 5.41) is 3.08. The Hall–Kier alpha value is -1.42. The Morgan fingerprint density at radius 3 is 2.82 bits per heavy atom. The molecule has 1 saturated heterocycles. The lowest BCUT2D eigenvalue weighted by Gasteiger charge is -2.24. The molecule has 1 N–H and O–H groups in total. The van der Waals surface area contributed by atoms with Gasteiger partial charge in [0, 0.05) is 12.1 Å². The number of amides is 1. The molecule has 0 aromatic heterocycles. The van der Waals surface area contributed by atoms with Gasteiger partial charge in [0.05, 0.1) is 6.54 Å². The zero-order chi connectivity index (χ0) is 11.8. The molecule has 1 aliphatic carbocycles. The van der Waals surface area contributed by atoms with E-state index in [4.69, 9.17) is 0 Å². The van der Waals surface area contributed by atoms with Crippen LogP contribution in [-0.2, 0) is 4.79 Å². The highest BCUT2D eigenvalue weighted by atomic mass is 19.1. The number of carbonyl (C=O) groups excluding carboxylic acids is 1. The van der Waals surface area contributed by atoms with E-state index in [1.54, 1.807) is 23.1 Å². The number of rotatable bonds is 3. The van der Waals surface area contributed by atoms with Gasteiger partial charge in [-0.2, -0.15) is 0 Å². The second kappa shape index (κ2) is 4.11. The van der Waals surface area contributed by atoms with Crippen LogP contribution in [0.2, 0.25) is 0 Å². The number of halogens is 1. The molecule has 90 valence electrons. The van der Waals surface area contributed by atoms with E-state index in [-0.39, 0.29) is 17.9 Å². The van der Waals surface area contributed by atoms with Crippen molar-refractivity contribution in [2.45, 2.75) is 19.0 Å². The smallest absolute Gasteiger partial charge is 0.238 e. The quantitative estimate of drug-likeness (QED) is 0.862. The minimum Gasteiger partial charge on any atom is -0.321 e. The van der Waals surface area contributed by atoms with Gasteiger partial charge >= 0.3 is 0 Å². The van der Waals surface area contributed by atoms with Gasteiger partial charge in [-0.3, -0.25) is 10.1 Å². The second-order valence-electron chi connectivity index (χ2n) is 4.79. The highest BCUT2D eigenvalue weighted by molar-refractivity contribution is 5.81. The standard InChI is InChI=1S/C13H15FN2O/c14-11-4-2-1-3-10(11)13-15-7-12(17)16(13)8-9-5-6-9/h1-4,9,13,15H,5-8H2. The Morgan fingerprint density at radius 2 is 2.12 bits per heavy atom. The van der Waals surface area contributed by atoms with Gasteiger partial charge in [0.25, 0.3) is 0 Å². The van der Waals surface area contributed by atoms with Crippen LogP contribution in [0.15, 0.2) is 24.3 Å². The fraction of sp³-hybridized carbons (Fsp3) is 0.462. The zero-order valence-corrected chi connectivity index (χ0v) is 9.53. The normalized spacial score (nSPS) is 24.4. The van der Waals surface area contributed by atoms with Gasteiger partial charge in [0.1, 0.15) is 12.0 Å². The lowest BCUT2D eigenvalue weighted by Crippen LogP contribution is -2.32. The third-order valence-corrected chi connectivity index (χ3v) is 3.43. The van der Waals surface area contributed by atoms with Crippen molar-refractivity contribution in [3.8, 4) is 0 Å². The fourth-order valence-electron chi connectivity index (χ4n) is 2.30. The van der Waals surface area contributed by atoms with Crippen molar-refractivity contribution in [3.63, 3.8) is 0 Å². The molecular formula is C13H15FN2O. The highest BCUT2D eigenvalue weighted by Crippen LogP contribution is 2.34. The minimum absolute atomic E-state index is 0.0742. The van der Waals surface area contributed by atoms with E-state index in [1.807, 2.05) is 0 Å². The Labute approximate surface area is 99.6 Å². The van der Waals surface area contributed by atoms with Crippen molar-refractivity contribution in [1.82, 2.24) is 10.2 Å². The number of carbonyl (C=O) groups is 1. The molecule has 1 aromatic rings. The molecule has 17 heavy (non-hydrogen) atoms. The van der Waals surface area contributed by atoms with E-state index in [0.717, 1.165) is 6.54 Å². The SMILES string of the molecule is O=C1CNC(c2ccccc2F)N1CC1CC1. The zero-order valence-electron chi connectivity index (χ0n) is 9.53. The maximum Gasteiger partial charge on any atom is 0.238 e. The van der Waals surface area contributed by atoms with Crippen molar-refractivity contribution in [3.05, 3.63) is 35.6 Å². The summed E-state index contributed by atoms with van der Waals surface area (Å²) in [4.78, 5) is 13.5. The lowest BCUT2D eigenvalue weighted by molar-refractivity contribution is -0.128. The monoisotopic (exact) mass is 234 g/mol. The van der Waals surface area contributed by atoms with Crippen LogP contribution in [0.4, 0.5) is 4.39 Å². The van der Waals surface area contributed by atoms with Crippen LogP contribution in [0, 0.1) is 11.7 Å². The molecular weight excluding hydrogens is 219 g/mol. The van der Waals surface area contributed by atoms with Crippen LogP contribution in [-0.4, -0.2) is 23.9 Å². The van der Waals surface area contributed by atoms with Crippen LogP contribution in [0.5, 0.6) is 0 Å². The van der Waals surface area contributed by atoms with Crippen molar-refractivity contribution in [2.75, 3.05) is 13.1 Å². The molecule has 2 aliphatic rings. The molecule has 1 amide bonds. The molecule has 0 spiro atoms. The first kappa shape index (κ1) is 10.7. The summed E-state index contributed by atoms with van der Waals surface area (Å²) in [5.41, 5.74) is 0.569. The first-order valence-electron chi connectivity index (χ1n) is 6.03. The van der Waals surface area contributed by atoms with E-state index < -0.39 is 0 Å². The lowest BCUT2D eigenvalue weighted by atomic mass is 10.1. The molecule has 0 bridgehead atoms. The van der Waals surface area contributed by atoms with Gasteiger partial charge in [-0.1, -0.05) is 18.2 Å². The number of hydrogen-bond donors (Lipinski definition) is 1. The molecule has 1 aliphatic heterocycles. The molecule has 4 heteroatoms. The summed E-state index contributed by atoms with van der Waals surface area (Å²) in [5.74, 6) is 0.443. The Kier molecular flexibility index (Phi) is 2.59. The molecule has 1 atom stereocenters. The minimum atomic E-state index is -0.288. The van der Waals surface area contributed by atoms with Gasteiger partial charge in [-0.05, 0) is 24.8 Å². The predicted molar refractivity (Wildman–Crippen MR) is 61.6 cm³/mol. The Bertz CT molecular complexity index is 445. The van der Waals surface area contributed by atoms with Crippen LogP contribution in [0.3, 0.4) is 0 Å². The highest BCUT2D eigenvalue weighted by Gasteiger charge is 2.36. The summed E-state index contributed by atoms with van der Waals surface area (Å²) in [6, 6.07) is 6.65. The van der Waals surface area contributed by atoms with E-state index in [0.29, 0.717) is 18.0 Å². The van der Waals surface area contributed by atoms with Gasteiger partial charge in [-0.15, -0.1) is 0 Å². The first-order valence-corrected chi connectivity index (χ1v) is 6.03. The van der Waals surface area contributed by atoms with Gasteiger partial charge in [0.2, 0.25) is 5.91 Å². The van der Waals surface area contributed by atoms with Crippen molar-refractivity contribution >= 4 is 5.91 Å². The fourth-order valence-corrected chi connectivity index (χ4v) is 2.30. The topological polar surface area (TPSA) is 32.3 Å². The average molecular weight is 234 g/mol. The summed E-state index contributed by atoms with van der Waals surface area (Å²) in [6.45, 7) is 1.07. The largest absolute Gasteiger partial charge is 0.321 e. The molecule has 2 fully saturated rings. The molecule has 1 unspecified atom stereocenters. The van der Waals surface area contributed by atoms with Gasteiger partial charge in [-0.25, -0.2) is 4.39 Å². The average Bonchev–Trinajstić information content (AvgIpc) is 3.06. The maximum absolute atomic E-state index is 13.7. The maximum atomic E-state index is 13.7. The summed E-state index contributed by atoms with van der Waals surface area (Å²) in [6.07, 6.45) is 2.09. The molecule has 1 aromatic carbocycles. The van der Waals surface area contributed by atoms with E-state index in [9.17, 15) is 9.18 Å². The van der Waals surface area contributed by atoms with Crippen LogP contribution in [0.25, 0.3) is 0 Å².